The molecule has 0 fully saturated rings. The second kappa shape index (κ2) is 12.9. The average molecular weight is 699 g/mol. The van der Waals surface area contributed by atoms with E-state index in [-0.39, 0.29) is 12.1 Å². The molecule has 0 spiro atoms. The number of hydrogen-bond donors (Lipinski definition) is 0. The molecule has 0 aromatic heterocycles. The highest BCUT2D eigenvalue weighted by atomic mass is 16.5. The molecule has 0 bridgehead atoms. The fourth-order valence-electron chi connectivity index (χ4n) is 7.87. The Morgan fingerprint density at radius 1 is 0.537 bits per heavy atom. The molecular weight excluding hydrogens is 659 g/mol. The Bertz CT molecular complexity index is 2520. The zero-order valence-electron chi connectivity index (χ0n) is 31.1. The van der Waals surface area contributed by atoms with Crippen LogP contribution in [0.3, 0.4) is 0 Å². The molecule has 5 heteroatoms. The minimum atomic E-state index is -0.0887. The standard InChI is InChI=1S/C49H39BN2O2/c1-31-16-18-33(30-51)24-42(31)52(43-27-38(49(3,4)5)21-17-32(43)2)39-28-46-48-47(29-39)54-45-26-37(35-14-10-7-11-15-35)20-23-41(45)50(48)40-22-19-36(25-44(40)53-46)34-12-8-6-9-13-34/h6-29H,1-5H3. The minimum Gasteiger partial charge on any atom is -0.458 e. The highest BCUT2D eigenvalue weighted by Gasteiger charge is 2.41. The third-order valence-corrected chi connectivity index (χ3v) is 10.8. The van der Waals surface area contributed by atoms with Crippen LogP contribution in [0.15, 0.2) is 146 Å². The molecule has 4 nitrogen and oxygen atoms in total. The first-order chi connectivity index (χ1) is 26.2. The van der Waals surface area contributed by atoms with Crippen LogP contribution >= 0.6 is 0 Å². The molecule has 0 unspecified atom stereocenters. The molecule has 0 amide bonds. The Kier molecular flexibility index (Phi) is 7.94. The number of ether oxygens (including phenoxy) is 2. The predicted molar refractivity (Wildman–Crippen MR) is 223 cm³/mol. The molecule has 54 heavy (non-hydrogen) atoms. The van der Waals surface area contributed by atoms with Crippen molar-refractivity contribution in [2.75, 3.05) is 4.90 Å². The van der Waals surface area contributed by atoms with Crippen molar-refractivity contribution in [3.63, 3.8) is 0 Å². The van der Waals surface area contributed by atoms with Crippen LogP contribution < -0.4 is 30.8 Å². The Labute approximate surface area is 318 Å². The number of hydrogen-bond acceptors (Lipinski definition) is 4. The second-order valence-electron chi connectivity index (χ2n) is 15.4. The van der Waals surface area contributed by atoms with Crippen LogP contribution in [0.25, 0.3) is 22.3 Å². The van der Waals surface area contributed by atoms with Crippen LogP contribution in [0.2, 0.25) is 0 Å². The van der Waals surface area contributed by atoms with Crippen molar-refractivity contribution in [2.24, 2.45) is 0 Å². The SMILES string of the molecule is Cc1ccc(C#N)cc1N(c1cc2c3c(c1)Oc1cc(-c4ccccc4)ccc1B3c1ccc(-c3ccccc3)cc1O2)c1cc(C(C)(C)C)ccc1C. The molecule has 7 aromatic rings. The van der Waals surface area contributed by atoms with Gasteiger partial charge in [0.1, 0.15) is 23.0 Å². The van der Waals surface area contributed by atoms with Gasteiger partial charge in [-0.25, -0.2) is 0 Å². The predicted octanol–water partition coefficient (Wildman–Crippen LogP) is 11.0. The highest BCUT2D eigenvalue weighted by molar-refractivity contribution is 6.98. The monoisotopic (exact) mass is 698 g/mol. The summed E-state index contributed by atoms with van der Waals surface area (Å²) in [4.78, 5) is 2.27. The van der Waals surface area contributed by atoms with Gasteiger partial charge in [-0.15, -0.1) is 0 Å². The highest BCUT2D eigenvalue weighted by Crippen LogP contribution is 2.46. The van der Waals surface area contributed by atoms with Gasteiger partial charge in [0.05, 0.1) is 23.0 Å². The number of nitrogens with zero attached hydrogens (tertiary/aromatic N) is 2. The minimum absolute atomic E-state index is 0.0701. The number of nitriles is 1. The van der Waals surface area contributed by atoms with Crippen LogP contribution in [0.1, 0.15) is 43.0 Å². The fourth-order valence-corrected chi connectivity index (χ4v) is 7.87. The lowest BCUT2D eigenvalue weighted by molar-refractivity contribution is 0.465. The Morgan fingerprint density at radius 3 is 1.57 bits per heavy atom. The first kappa shape index (κ1) is 33.3. The molecule has 9 rings (SSSR count). The Morgan fingerprint density at radius 2 is 1.06 bits per heavy atom. The van der Waals surface area contributed by atoms with E-state index in [1.165, 1.54) is 5.56 Å². The molecule has 0 radical (unpaired) electrons. The maximum absolute atomic E-state index is 10.0. The lowest BCUT2D eigenvalue weighted by Gasteiger charge is -2.36. The van der Waals surface area contributed by atoms with Crippen LogP contribution in [-0.2, 0) is 5.41 Å². The summed E-state index contributed by atoms with van der Waals surface area (Å²) in [5.74, 6) is 3.17. The Hall–Kier alpha value is -6.51. The fraction of sp³-hybridized carbons (Fsp3) is 0.122. The third kappa shape index (κ3) is 5.72. The lowest BCUT2D eigenvalue weighted by atomic mass is 9.34. The molecule has 7 aromatic carbocycles. The van der Waals surface area contributed by atoms with Gasteiger partial charge < -0.3 is 14.4 Å². The van der Waals surface area contributed by atoms with Gasteiger partial charge in [-0.3, -0.25) is 0 Å². The van der Waals surface area contributed by atoms with Crippen LogP contribution in [0.5, 0.6) is 23.0 Å². The van der Waals surface area contributed by atoms with Crippen molar-refractivity contribution < 1.29 is 9.47 Å². The molecule has 260 valence electrons. The summed E-state index contributed by atoms with van der Waals surface area (Å²) in [6.07, 6.45) is 0. The number of benzene rings is 7. The Balaban J connectivity index is 1.29. The van der Waals surface area contributed by atoms with E-state index in [0.717, 1.165) is 89.8 Å². The van der Waals surface area contributed by atoms with E-state index in [4.69, 9.17) is 9.47 Å². The number of anilines is 3. The second-order valence-corrected chi connectivity index (χ2v) is 15.4. The van der Waals surface area contributed by atoms with Crippen LogP contribution in [0.4, 0.5) is 17.1 Å². The molecule has 0 saturated carbocycles. The van der Waals surface area contributed by atoms with Crippen molar-refractivity contribution in [2.45, 2.75) is 40.0 Å². The molecule has 0 N–H and O–H groups in total. The lowest BCUT2D eigenvalue weighted by Crippen LogP contribution is -2.57. The van der Waals surface area contributed by atoms with Gasteiger partial charge in [-0.1, -0.05) is 124 Å². The van der Waals surface area contributed by atoms with Crippen molar-refractivity contribution in [3.8, 4) is 51.3 Å². The largest absolute Gasteiger partial charge is 0.458 e. The smallest absolute Gasteiger partial charge is 0.260 e. The number of rotatable bonds is 5. The van der Waals surface area contributed by atoms with Gasteiger partial charge in [0.15, 0.2) is 0 Å². The summed E-state index contributed by atoms with van der Waals surface area (Å²) >= 11 is 0. The normalized spacial score (nSPS) is 12.4. The van der Waals surface area contributed by atoms with Crippen molar-refractivity contribution in [1.82, 2.24) is 0 Å². The van der Waals surface area contributed by atoms with E-state index < -0.39 is 0 Å². The molecule has 2 aliphatic rings. The molecular formula is C49H39BN2O2. The van der Waals surface area contributed by atoms with Gasteiger partial charge in [-0.05, 0) is 99.5 Å². The third-order valence-electron chi connectivity index (χ3n) is 10.8. The van der Waals surface area contributed by atoms with Gasteiger partial charge in [0, 0.05) is 23.3 Å². The van der Waals surface area contributed by atoms with Gasteiger partial charge in [0.2, 0.25) is 0 Å². The van der Waals surface area contributed by atoms with Crippen molar-refractivity contribution in [1.29, 1.82) is 5.26 Å². The maximum atomic E-state index is 10.0. The van der Waals surface area contributed by atoms with Gasteiger partial charge in [0.25, 0.3) is 6.71 Å². The maximum Gasteiger partial charge on any atom is 0.260 e. The zero-order chi connectivity index (χ0) is 37.1. The van der Waals surface area contributed by atoms with E-state index >= 15 is 0 Å². The summed E-state index contributed by atoms with van der Waals surface area (Å²) in [7, 11) is 0. The van der Waals surface area contributed by atoms with E-state index in [0.29, 0.717) is 5.56 Å². The first-order valence-corrected chi connectivity index (χ1v) is 18.5. The zero-order valence-corrected chi connectivity index (χ0v) is 31.1. The summed E-state index contributed by atoms with van der Waals surface area (Å²) < 4.78 is 14.0. The van der Waals surface area contributed by atoms with Gasteiger partial charge >= 0.3 is 0 Å². The quantitative estimate of drug-likeness (QED) is 0.168. The van der Waals surface area contributed by atoms with E-state index in [9.17, 15) is 5.26 Å². The van der Waals surface area contributed by atoms with Crippen LogP contribution in [0, 0.1) is 25.2 Å². The summed E-state index contributed by atoms with van der Waals surface area (Å²) in [6.45, 7) is 10.9. The molecule has 0 atom stereocenters. The summed E-state index contributed by atoms with van der Waals surface area (Å²) in [5, 5.41) is 10.0. The van der Waals surface area contributed by atoms with Crippen molar-refractivity contribution in [3.05, 3.63) is 168 Å². The summed E-state index contributed by atoms with van der Waals surface area (Å²) in [6, 6.07) is 53.3. The first-order valence-electron chi connectivity index (χ1n) is 18.5. The molecule has 2 heterocycles. The van der Waals surface area contributed by atoms with E-state index in [2.05, 4.69) is 161 Å². The van der Waals surface area contributed by atoms with Crippen molar-refractivity contribution >= 4 is 40.2 Å². The molecule has 0 saturated heterocycles. The van der Waals surface area contributed by atoms with Gasteiger partial charge in [-0.2, -0.15) is 5.26 Å². The molecule has 0 aliphatic carbocycles. The van der Waals surface area contributed by atoms with E-state index in [1.807, 2.05) is 30.3 Å². The topological polar surface area (TPSA) is 45.5 Å². The number of fused-ring (bicyclic) bond motifs is 4. The average Bonchev–Trinajstić information content (AvgIpc) is 3.19. The molecule has 2 aliphatic heterocycles. The summed E-state index contributed by atoms with van der Waals surface area (Å²) in [5.41, 5.74) is 14.5. The van der Waals surface area contributed by atoms with Crippen LogP contribution in [-0.4, -0.2) is 6.71 Å². The van der Waals surface area contributed by atoms with E-state index in [1.54, 1.807) is 0 Å². The number of aryl methyl sites for hydroxylation is 2.